The zero-order valence-electron chi connectivity index (χ0n) is 11.1. The Labute approximate surface area is 112 Å². The molecule has 1 aromatic carbocycles. The van der Waals surface area contributed by atoms with Crippen molar-refractivity contribution in [3.05, 3.63) is 29.8 Å². The van der Waals surface area contributed by atoms with Gasteiger partial charge in [0.25, 0.3) is 5.91 Å². The zero-order chi connectivity index (χ0) is 13.8. The fraction of sp³-hybridized carbons (Fsp3) is 0.429. The molecule has 1 amide bonds. The lowest BCUT2D eigenvalue weighted by Gasteiger charge is -2.19. The molecule has 0 bridgehead atoms. The summed E-state index contributed by atoms with van der Waals surface area (Å²) >= 11 is 0. The number of para-hydroxylation sites is 1. The second-order valence-corrected chi connectivity index (χ2v) is 4.42. The normalized spacial score (nSPS) is 16.4. The van der Waals surface area contributed by atoms with Gasteiger partial charge in [-0.05, 0) is 18.6 Å². The number of benzene rings is 1. The fourth-order valence-electron chi connectivity index (χ4n) is 2.04. The van der Waals surface area contributed by atoms with Crippen LogP contribution in [-0.2, 0) is 20.7 Å². The molecule has 0 spiro atoms. The van der Waals surface area contributed by atoms with Gasteiger partial charge in [0.05, 0.1) is 6.61 Å². The Morgan fingerprint density at radius 1 is 1.42 bits per heavy atom. The van der Waals surface area contributed by atoms with Crippen LogP contribution in [0.3, 0.4) is 0 Å². The minimum absolute atomic E-state index is 0.0527. The van der Waals surface area contributed by atoms with Crippen LogP contribution in [0.15, 0.2) is 24.3 Å². The van der Waals surface area contributed by atoms with Gasteiger partial charge in [0.15, 0.2) is 6.10 Å². The van der Waals surface area contributed by atoms with E-state index in [-0.39, 0.29) is 12.5 Å². The van der Waals surface area contributed by atoms with Crippen molar-refractivity contribution < 1.29 is 19.1 Å². The van der Waals surface area contributed by atoms with Crippen LogP contribution < -0.4 is 4.74 Å². The Bertz CT molecular complexity index is 461. The van der Waals surface area contributed by atoms with E-state index in [1.165, 1.54) is 4.90 Å². The molecule has 0 N–H and O–H groups in total. The number of nitrogens with zero attached hydrogens (tertiary/aromatic N) is 1. The van der Waals surface area contributed by atoms with Gasteiger partial charge in [-0.3, -0.25) is 9.59 Å². The average molecular weight is 263 g/mol. The third-order valence-electron chi connectivity index (χ3n) is 2.97. The summed E-state index contributed by atoms with van der Waals surface area (Å²) in [6.45, 7) is 1.99. The van der Waals surface area contributed by atoms with Gasteiger partial charge < -0.3 is 14.4 Å². The number of amides is 1. The van der Waals surface area contributed by atoms with Crippen LogP contribution in [0.5, 0.6) is 5.75 Å². The number of likely N-dealkylation sites (N-methyl/N-ethyl adjacent to an activating group) is 1. The fourth-order valence-corrected chi connectivity index (χ4v) is 2.04. The lowest BCUT2D eigenvalue weighted by Crippen LogP contribution is -2.41. The highest BCUT2D eigenvalue weighted by Crippen LogP contribution is 2.28. The Morgan fingerprint density at radius 3 is 2.84 bits per heavy atom. The number of ether oxygens (including phenoxy) is 2. The van der Waals surface area contributed by atoms with E-state index in [9.17, 15) is 9.59 Å². The third kappa shape index (κ3) is 3.05. The molecule has 1 aliphatic heterocycles. The van der Waals surface area contributed by atoms with E-state index in [2.05, 4.69) is 0 Å². The molecule has 102 valence electrons. The van der Waals surface area contributed by atoms with Gasteiger partial charge in [-0.1, -0.05) is 18.2 Å². The number of rotatable bonds is 4. The molecule has 1 atom stereocenters. The van der Waals surface area contributed by atoms with Crippen molar-refractivity contribution in [2.75, 3.05) is 20.2 Å². The zero-order valence-corrected chi connectivity index (χ0v) is 11.1. The van der Waals surface area contributed by atoms with Crippen molar-refractivity contribution in [1.82, 2.24) is 4.90 Å². The predicted octanol–water partition coefficient (Wildman–Crippen LogP) is 1.01. The molecule has 5 nitrogen and oxygen atoms in total. The summed E-state index contributed by atoms with van der Waals surface area (Å²) in [4.78, 5) is 24.8. The second-order valence-electron chi connectivity index (χ2n) is 4.42. The highest BCUT2D eigenvalue weighted by Gasteiger charge is 2.31. The predicted molar refractivity (Wildman–Crippen MR) is 68.8 cm³/mol. The molecule has 0 saturated heterocycles. The molecule has 2 rings (SSSR count). The van der Waals surface area contributed by atoms with E-state index in [4.69, 9.17) is 9.47 Å². The van der Waals surface area contributed by atoms with Crippen LogP contribution in [-0.4, -0.2) is 43.1 Å². The molecule has 0 aliphatic carbocycles. The van der Waals surface area contributed by atoms with Gasteiger partial charge in [-0.25, -0.2) is 0 Å². The summed E-state index contributed by atoms with van der Waals surface area (Å²) in [6, 6.07) is 7.56. The van der Waals surface area contributed by atoms with Crippen LogP contribution in [0.4, 0.5) is 0 Å². The Balaban J connectivity index is 1.93. The van der Waals surface area contributed by atoms with E-state index in [1.54, 1.807) is 14.0 Å². The van der Waals surface area contributed by atoms with Crippen molar-refractivity contribution in [3.8, 4) is 5.75 Å². The SMILES string of the molecule is CCOC(=O)CN(C)C(=O)C1Cc2ccccc2O1. The molecule has 0 fully saturated rings. The van der Waals surface area contributed by atoms with Crippen molar-refractivity contribution >= 4 is 11.9 Å². The number of hydrogen-bond donors (Lipinski definition) is 0. The second kappa shape index (κ2) is 5.73. The smallest absolute Gasteiger partial charge is 0.325 e. The summed E-state index contributed by atoms with van der Waals surface area (Å²) in [5.41, 5.74) is 1.02. The molecule has 0 radical (unpaired) electrons. The first-order chi connectivity index (χ1) is 9.11. The number of carbonyl (C=O) groups excluding carboxylic acids is 2. The maximum absolute atomic E-state index is 12.1. The van der Waals surface area contributed by atoms with Gasteiger partial charge in [0.1, 0.15) is 12.3 Å². The first-order valence-electron chi connectivity index (χ1n) is 6.27. The molecule has 0 aromatic heterocycles. The molecule has 1 unspecified atom stereocenters. The van der Waals surface area contributed by atoms with Gasteiger partial charge in [0, 0.05) is 13.5 Å². The molecule has 1 aliphatic rings. The average Bonchev–Trinajstić information content (AvgIpc) is 2.81. The Morgan fingerprint density at radius 2 is 2.16 bits per heavy atom. The van der Waals surface area contributed by atoms with Crippen molar-refractivity contribution in [2.24, 2.45) is 0 Å². The van der Waals surface area contributed by atoms with Crippen LogP contribution in [0.1, 0.15) is 12.5 Å². The topological polar surface area (TPSA) is 55.8 Å². The highest BCUT2D eigenvalue weighted by atomic mass is 16.5. The van der Waals surface area contributed by atoms with Crippen molar-refractivity contribution in [2.45, 2.75) is 19.4 Å². The highest BCUT2D eigenvalue weighted by molar-refractivity contribution is 5.86. The number of carbonyl (C=O) groups is 2. The van der Waals surface area contributed by atoms with E-state index in [0.29, 0.717) is 13.0 Å². The van der Waals surface area contributed by atoms with E-state index < -0.39 is 12.1 Å². The Hall–Kier alpha value is -2.04. The first-order valence-corrected chi connectivity index (χ1v) is 6.27. The number of esters is 1. The summed E-state index contributed by atoms with van der Waals surface area (Å²) in [7, 11) is 1.58. The quantitative estimate of drug-likeness (QED) is 0.761. The molecular weight excluding hydrogens is 246 g/mol. The molecule has 1 heterocycles. The van der Waals surface area contributed by atoms with E-state index in [0.717, 1.165) is 11.3 Å². The lowest BCUT2D eigenvalue weighted by atomic mass is 10.1. The minimum atomic E-state index is -0.545. The maximum atomic E-state index is 12.1. The van der Waals surface area contributed by atoms with Crippen LogP contribution in [0.25, 0.3) is 0 Å². The van der Waals surface area contributed by atoms with Crippen LogP contribution >= 0.6 is 0 Å². The van der Waals surface area contributed by atoms with E-state index in [1.807, 2.05) is 24.3 Å². The summed E-state index contributed by atoms with van der Waals surface area (Å²) in [5.74, 6) is 0.128. The van der Waals surface area contributed by atoms with E-state index >= 15 is 0 Å². The summed E-state index contributed by atoms with van der Waals surface area (Å²) in [6.07, 6.45) is -0.000784. The largest absolute Gasteiger partial charge is 0.480 e. The number of fused-ring (bicyclic) bond motifs is 1. The first kappa shape index (κ1) is 13.4. The maximum Gasteiger partial charge on any atom is 0.325 e. The molecule has 5 heteroatoms. The van der Waals surface area contributed by atoms with Gasteiger partial charge in [-0.2, -0.15) is 0 Å². The number of hydrogen-bond acceptors (Lipinski definition) is 4. The van der Waals surface area contributed by atoms with Crippen LogP contribution in [0, 0.1) is 0 Å². The van der Waals surface area contributed by atoms with Crippen molar-refractivity contribution in [1.29, 1.82) is 0 Å². The third-order valence-corrected chi connectivity index (χ3v) is 2.97. The molecular formula is C14H17NO4. The molecule has 0 saturated carbocycles. The standard InChI is InChI=1S/C14H17NO4/c1-3-18-13(16)9-15(2)14(17)12-8-10-6-4-5-7-11(10)19-12/h4-7,12H,3,8-9H2,1-2H3. The van der Waals surface area contributed by atoms with Crippen molar-refractivity contribution in [3.63, 3.8) is 0 Å². The molecule has 19 heavy (non-hydrogen) atoms. The van der Waals surface area contributed by atoms with Crippen LogP contribution in [0.2, 0.25) is 0 Å². The van der Waals surface area contributed by atoms with Gasteiger partial charge in [0.2, 0.25) is 0 Å². The minimum Gasteiger partial charge on any atom is -0.480 e. The molecule has 1 aromatic rings. The van der Waals surface area contributed by atoms with Gasteiger partial charge in [-0.15, -0.1) is 0 Å². The summed E-state index contributed by atoms with van der Waals surface area (Å²) in [5, 5.41) is 0. The lowest BCUT2D eigenvalue weighted by molar-refractivity contribution is -0.150. The Kier molecular flexibility index (Phi) is 4.04. The van der Waals surface area contributed by atoms with Gasteiger partial charge >= 0.3 is 5.97 Å². The summed E-state index contributed by atoms with van der Waals surface area (Å²) < 4.78 is 10.4. The monoisotopic (exact) mass is 263 g/mol.